The quantitative estimate of drug-likeness (QED) is 0.637. The van der Waals surface area contributed by atoms with Crippen molar-refractivity contribution in [2.45, 2.75) is 27.7 Å². The van der Waals surface area contributed by atoms with Crippen molar-refractivity contribution in [2.75, 3.05) is 18.0 Å². The molecule has 0 spiro atoms. The Bertz CT molecular complexity index is 453. The van der Waals surface area contributed by atoms with Gasteiger partial charge in [0.2, 0.25) is 0 Å². The average Bonchev–Trinajstić information content (AvgIpc) is 2.33. The molecule has 1 aromatic carbocycles. The summed E-state index contributed by atoms with van der Waals surface area (Å²) >= 11 is 0. The molecule has 5 heteroatoms. The van der Waals surface area contributed by atoms with Gasteiger partial charge in [-0.15, -0.1) is 0 Å². The summed E-state index contributed by atoms with van der Waals surface area (Å²) in [7, 11) is 0. The van der Waals surface area contributed by atoms with Gasteiger partial charge in [-0.05, 0) is 38.8 Å². The zero-order chi connectivity index (χ0) is 13.9. The van der Waals surface area contributed by atoms with Crippen molar-refractivity contribution in [3.05, 3.63) is 17.2 Å². The van der Waals surface area contributed by atoms with Gasteiger partial charge < -0.3 is 19.8 Å². The SMILES string of the molecule is CCN(CC)c1cc(OC(=O)O)c(O)c(C)c1C. The minimum atomic E-state index is -1.43. The zero-order valence-electron chi connectivity index (χ0n) is 11.1. The summed E-state index contributed by atoms with van der Waals surface area (Å²) in [6, 6.07) is 1.57. The Morgan fingerprint density at radius 1 is 1.28 bits per heavy atom. The van der Waals surface area contributed by atoms with E-state index in [0.717, 1.165) is 24.3 Å². The third kappa shape index (κ3) is 2.67. The Balaban J connectivity index is 3.35. The van der Waals surface area contributed by atoms with Crippen molar-refractivity contribution in [3.63, 3.8) is 0 Å². The molecule has 2 N–H and O–H groups in total. The van der Waals surface area contributed by atoms with Gasteiger partial charge in [-0.3, -0.25) is 0 Å². The molecule has 1 aromatic rings. The Labute approximate surface area is 107 Å². The molecule has 0 heterocycles. The van der Waals surface area contributed by atoms with E-state index in [-0.39, 0.29) is 11.5 Å². The molecule has 0 aromatic heterocycles. The second kappa shape index (κ2) is 5.62. The van der Waals surface area contributed by atoms with Crippen LogP contribution in [0, 0.1) is 13.8 Å². The fourth-order valence-corrected chi connectivity index (χ4v) is 1.92. The van der Waals surface area contributed by atoms with E-state index in [9.17, 15) is 9.90 Å². The van der Waals surface area contributed by atoms with Crippen LogP contribution in [-0.4, -0.2) is 29.5 Å². The van der Waals surface area contributed by atoms with Crippen molar-refractivity contribution in [1.82, 2.24) is 0 Å². The van der Waals surface area contributed by atoms with Crippen molar-refractivity contribution < 1.29 is 19.7 Å². The lowest BCUT2D eigenvalue weighted by molar-refractivity contribution is 0.143. The summed E-state index contributed by atoms with van der Waals surface area (Å²) in [5.74, 6) is -0.140. The minimum Gasteiger partial charge on any atom is -0.504 e. The van der Waals surface area contributed by atoms with E-state index in [4.69, 9.17) is 5.11 Å². The maximum absolute atomic E-state index is 10.6. The first-order valence-electron chi connectivity index (χ1n) is 5.91. The number of ether oxygens (including phenoxy) is 1. The number of rotatable bonds is 4. The first-order valence-corrected chi connectivity index (χ1v) is 5.91. The molecule has 0 unspecified atom stereocenters. The minimum absolute atomic E-state index is 0.0208. The first kappa shape index (κ1) is 14.2. The van der Waals surface area contributed by atoms with Crippen LogP contribution in [0.4, 0.5) is 10.5 Å². The second-order valence-corrected chi connectivity index (χ2v) is 4.03. The van der Waals surface area contributed by atoms with Crippen LogP contribution in [-0.2, 0) is 0 Å². The number of carboxylic acid groups (broad SMARTS) is 1. The molecule has 0 atom stereocenters. The third-order valence-corrected chi connectivity index (χ3v) is 3.10. The summed E-state index contributed by atoms with van der Waals surface area (Å²) in [4.78, 5) is 12.7. The molecule has 100 valence electrons. The van der Waals surface area contributed by atoms with Crippen LogP contribution < -0.4 is 9.64 Å². The Kier molecular flexibility index (Phi) is 4.42. The Morgan fingerprint density at radius 3 is 2.28 bits per heavy atom. The molecule has 0 aliphatic rings. The van der Waals surface area contributed by atoms with E-state index in [1.807, 2.05) is 20.8 Å². The predicted molar refractivity (Wildman–Crippen MR) is 69.8 cm³/mol. The number of benzene rings is 1. The van der Waals surface area contributed by atoms with Gasteiger partial charge >= 0.3 is 6.16 Å². The highest BCUT2D eigenvalue weighted by atomic mass is 16.7. The van der Waals surface area contributed by atoms with E-state index in [0.29, 0.717) is 5.56 Å². The fraction of sp³-hybridized carbons (Fsp3) is 0.462. The van der Waals surface area contributed by atoms with E-state index in [1.54, 1.807) is 13.0 Å². The van der Waals surface area contributed by atoms with E-state index >= 15 is 0 Å². The molecule has 0 fully saturated rings. The molecule has 1 rings (SSSR count). The van der Waals surface area contributed by atoms with Gasteiger partial charge in [0.1, 0.15) is 0 Å². The fourth-order valence-electron chi connectivity index (χ4n) is 1.92. The van der Waals surface area contributed by atoms with Gasteiger partial charge in [0, 0.05) is 24.8 Å². The topological polar surface area (TPSA) is 70.0 Å². The van der Waals surface area contributed by atoms with Crippen molar-refractivity contribution in [2.24, 2.45) is 0 Å². The summed E-state index contributed by atoms with van der Waals surface area (Å²) < 4.78 is 4.60. The number of nitrogens with zero attached hydrogens (tertiary/aromatic N) is 1. The molecule has 18 heavy (non-hydrogen) atoms. The molecule has 0 saturated carbocycles. The van der Waals surface area contributed by atoms with Crippen LogP contribution in [0.25, 0.3) is 0 Å². The van der Waals surface area contributed by atoms with E-state index < -0.39 is 6.16 Å². The lowest BCUT2D eigenvalue weighted by atomic mass is 10.0. The van der Waals surface area contributed by atoms with E-state index in [2.05, 4.69) is 9.64 Å². The lowest BCUT2D eigenvalue weighted by Crippen LogP contribution is -2.23. The summed E-state index contributed by atoms with van der Waals surface area (Å²) in [5.41, 5.74) is 2.44. The number of hydrogen-bond donors (Lipinski definition) is 2. The first-order chi connectivity index (χ1) is 8.42. The van der Waals surface area contributed by atoms with Gasteiger partial charge in [0.15, 0.2) is 11.5 Å². The molecule has 5 nitrogen and oxygen atoms in total. The smallest absolute Gasteiger partial charge is 0.504 e. The predicted octanol–water partition coefficient (Wildman–Crippen LogP) is 2.91. The normalized spacial score (nSPS) is 10.2. The van der Waals surface area contributed by atoms with Gasteiger partial charge in [-0.2, -0.15) is 0 Å². The maximum atomic E-state index is 10.6. The Morgan fingerprint density at radius 2 is 1.83 bits per heavy atom. The molecule has 0 saturated heterocycles. The highest BCUT2D eigenvalue weighted by Gasteiger charge is 2.17. The summed E-state index contributed by atoms with van der Waals surface area (Å²) in [5, 5.41) is 18.5. The standard InChI is InChI=1S/C13H19NO4/c1-5-14(6-2)10-7-11(18-13(16)17)12(15)9(4)8(10)3/h7,15H,5-6H2,1-4H3,(H,16,17). The average molecular weight is 253 g/mol. The van der Waals surface area contributed by atoms with Crippen LogP contribution in [0.2, 0.25) is 0 Å². The largest absolute Gasteiger partial charge is 0.511 e. The highest BCUT2D eigenvalue weighted by Crippen LogP contribution is 2.38. The lowest BCUT2D eigenvalue weighted by Gasteiger charge is -2.25. The molecule has 0 radical (unpaired) electrons. The van der Waals surface area contributed by atoms with Crippen LogP contribution in [0.5, 0.6) is 11.5 Å². The van der Waals surface area contributed by atoms with Gasteiger partial charge in [0.25, 0.3) is 0 Å². The van der Waals surface area contributed by atoms with Crippen molar-refractivity contribution in [1.29, 1.82) is 0 Å². The summed E-state index contributed by atoms with van der Waals surface area (Å²) in [6.45, 7) is 9.27. The monoisotopic (exact) mass is 253 g/mol. The van der Waals surface area contributed by atoms with Crippen molar-refractivity contribution >= 4 is 11.8 Å². The van der Waals surface area contributed by atoms with E-state index in [1.165, 1.54) is 0 Å². The number of phenolic OH excluding ortho intramolecular Hbond substituents is 1. The number of aromatic hydroxyl groups is 1. The van der Waals surface area contributed by atoms with Gasteiger partial charge in [-0.1, -0.05) is 0 Å². The molecule has 0 aliphatic heterocycles. The van der Waals surface area contributed by atoms with Crippen LogP contribution >= 0.6 is 0 Å². The molecular weight excluding hydrogens is 234 g/mol. The van der Waals surface area contributed by atoms with Crippen LogP contribution in [0.15, 0.2) is 6.07 Å². The number of hydrogen-bond acceptors (Lipinski definition) is 4. The van der Waals surface area contributed by atoms with Crippen LogP contribution in [0.1, 0.15) is 25.0 Å². The Hall–Kier alpha value is -1.91. The van der Waals surface area contributed by atoms with Crippen molar-refractivity contribution in [3.8, 4) is 11.5 Å². The van der Waals surface area contributed by atoms with Gasteiger partial charge in [-0.25, -0.2) is 4.79 Å². The zero-order valence-corrected chi connectivity index (χ0v) is 11.1. The number of anilines is 1. The van der Waals surface area contributed by atoms with Gasteiger partial charge in [0.05, 0.1) is 0 Å². The summed E-state index contributed by atoms with van der Waals surface area (Å²) in [6.07, 6.45) is -1.43. The second-order valence-electron chi connectivity index (χ2n) is 4.03. The third-order valence-electron chi connectivity index (χ3n) is 3.10. The van der Waals surface area contributed by atoms with Crippen LogP contribution in [0.3, 0.4) is 0 Å². The number of phenols is 1. The molecular formula is C13H19NO4. The molecule has 0 aliphatic carbocycles. The highest BCUT2D eigenvalue weighted by molar-refractivity contribution is 5.70. The number of carbonyl (C=O) groups is 1. The maximum Gasteiger partial charge on any atom is 0.511 e. The molecule has 0 amide bonds. The molecule has 0 bridgehead atoms.